The molecule has 0 amide bonds. The molecule has 1 heterocycles. The van der Waals surface area contributed by atoms with E-state index >= 15 is 0 Å². The first kappa shape index (κ1) is 10.4. The van der Waals surface area contributed by atoms with E-state index in [1.807, 2.05) is 0 Å². The zero-order valence-electron chi connectivity index (χ0n) is 7.92. The zero-order valence-corrected chi connectivity index (χ0v) is 9.50. The van der Waals surface area contributed by atoms with E-state index in [2.05, 4.69) is 11.4 Å². The van der Waals surface area contributed by atoms with Gasteiger partial charge in [-0.2, -0.15) is 0 Å². The van der Waals surface area contributed by atoms with Gasteiger partial charge in [0.05, 0.1) is 10.9 Å². The van der Waals surface area contributed by atoms with Crippen molar-refractivity contribution in [1.82, 2.24) is 5.32 Å². The molecule has 0 saturated carbocycles. The van der Waals surface area contributed by atoms with Crippen LogP contribution in [0.5, 0.6) is 0 Å². The molecule has 0 fully saturated rings. The summed E-state index contributed by atoms with van der Waals surface area (Å²) in [4.78, 5) is 1.41. The average Bonchev–Trinajstić information content (AvgIpc) is 2.55. The molecule has 2 nitrogen and oxygen atoms in total. The molecule has 0 saturated heterocycles. The maximum absolute atomic E-state index is 8.76. The SMILES string of the molecule is OCCNC1CCCc2sc(Cl)cc21. The topological polar surface area (TPSA) is 32.3 Å². The molecule has 2 N–H and O–H groups in total. The van der Waals surface area contributed by atoms with E-state index in [0.717, 1.165) is 17.2 Å². The van der Waals surface area contributed by atoms with Gasteiger partial charge in [-0.1, -0.05) is 11.6 Å². The minimum absolute atomic E-state index is 0.198. The van der Waals surface area contributed by atoms with Crippen LogP contribution in [0.3, 0.4) is 0 Å². The van der Waals surface area contributed by atoms with Gasteiger partial charge >= 0.3 is 0 Å². The summed E-state index contributed by atoms with van der Waals surface area (Å²) in [6.07, 6.45) is 3.52. The van der Waals surface area contributed by atoms with Gasteiger partial charge in [-0.15, -0.1) is 11.3 Å². The molecule has 2 rings (SSSR count). The van der Waals surface area contributed by atoms with Gasteiger partial charge in [-0.3, -0.25) is 0 Å². The highest BCUT2D eigenvalue weighted by Gasteiger charge is 2.21. The van der Waals surface area contributed by atoms with Crippen molar-refractivity contribution in [1.29, 1.82) is 0 Å². The van der Waals surface area contributed by atoms with Crippen molar-refractivity contribution >= 4 is 22.9 Å². The number of nitrogens with one attached hydrogen (secondary N) is 1. The Morgan fingerprint density at radius 2 is 2.50 bits per heavy atom. The van der Waals surface area contributed by atoms with Gasteiger partial charge in [-0.25, -0.2) is 0 Å². The van der Waals surface area contributed by atoms with E-state index in [9.17, 15) is 0 Å². The Hall–Kier alpha value is -0.0900. The summed E-state index contributed by atoms with van der Waals surface area (Å²) in [6, 6.07) is 2.46. The Morgan fingerprint density at radius 3 is 3.29 bits per heavy atom. The van der Waals surface area contributed by atoms with Crippen LogP contribution in [0, 0.1) is 0 Å². The number of fused-ring (bicyclic) bond motifs is 1. The van der Waals surface area contributed by atoms with E-state index in [0.29, 0.717) is 12.6 Å². The monoisotopic (exact) mass is 231 g/mol. The molecule has 0 radical (unpaired) electrons. The minimum atomic E-state index is 0.198. The lowest BCUT2D eigenvalue weighted by atomic mass is 9.94. The van der Waals surface area contributed by atoms with Crippen molar-refractivity contribution in [2.45, 2.75) is 25.3 Å². The Morgan fingerprint density at radius 1 is 1.64 bits per heavy atom. The third kappa shape index (κ3) is 2.11. The fraction of sp³-hybridized carbons (Fsp3) is 0.600. The number of hydrogen-bond donors (Lipinski definition) is 2. The van der Waals surface area contributed by atoms with Gasteiger partial charge in [0.15, 0.2) is 0 Å². The summed E-state index contributed by atoms with van der Waals surface area (Å²) in [5.74, 6) is 0. The average molecular weight is 232 g/mol. The molecule has 1 aromatic heterocycles. The minimum Gasteiger partial charge on any atom is -0.395 e. The lowest BCUT2D eigenvalue weighted by molar-refractivity contribution is 0.280. The number of halogens is 1. The van der Waals surface area contributed by atoms with Crippen molar-refractivity contribution in [2.24, 2.45) is 0 Å². The van der Waals surface area contributed by atoms with Crippen molar-refractivity contribution in [3.63, 3.8) is 0 Å². The maximum Gasteiger partial charge on any atom is 0.0934 e. The molecule has 1 aromatic rings. The van der Waals surface area contributed by atoms with Crippen LogP contribution in [0.2, 0.25) is 4.34 Å². The first-order valence-corrected chi connectivity index (χ1v) is 6.13. The number of rotatable bonds is 3. The molecule has 1 atom stereocenters. The Balaban J connectivity index is 2.13. The van der Waals surface area contributed by atoms with Gasteiger partial charge in [0, 0.05) is 17.5 Å². The summed E-state index contributed by atoms with van der Waals surface area (Å²) in [7, 11) is 0. The lowest BCUT2D eigenvalue weighted by Crippen LogP contribution is -2.26. The number of aryl methyl sites for hydroxylation is 1. The van der Waals surface area contributed by atoms with Crippen LogP contribution in [-0.2, 0) is 6.42 Å². The van der Waals surface area contributed by atoms with Crippen LogP contribution >= 0.6 is 22.9 Å². The van der Waals surface area contributed by atoms with E-state index in [1.165, 1.54) is 16.9 Å². The smallest absolute Gasteiger partial charge is 0.0934 e. The van der Waals surface area contributed by atoms with Crippen LogP contribution in [0.1, 0.15) is 29.3 Å². The highest BCUT2D eigenvalue weighted by molar-refractivity contribution is 7.16. The van der Waals surface area contributed by atoms with E-state index in [1.54, 1.807) is 11.3 Å². The molecule has 78 valence electrons. The number of thiophene rings is 1. The summed E-state index contributed by atoms with van der Waals surface area (Å²) >= 11 is 7.68. The first-order valence-electron chi connectivity index (χ1n) is 4.93. The quantitative estimate of drug-likeness (QED) is 0.837. The standard InChI is InChI=1S/C10H14ClNOS/c11-10-6-7-8(12-4-5-13)2-1-3-9(7)14-10/h6,8,12-13H,1-5H2. The molecule has 0 aromatic carbocycles. The predicted octanol–water partition coefficient (Wildman–Crippen LogP) is 2.36. The van der Waals surface area contributed by atoms with Crippen molar-refractivity contribution in [2.75, 3.05) is 13.2 Å². The lowest BCUT2D eigenvalue weighted by Gasteiger charge is -2.23. The fourth-order valence-electron chi connectivity index (χ4n) is 1.97. The van der Waals surface area contributed by atoms with Crippen LogP contribution in [0.15, 0.2) is 6.07 Å². The second-order valence-electron chi connectivity index (χ2n) is 3.55. The largest absolute Gasteiger partial charge is 0.395 e. The Labute approximate surface area is 92.9 Å². The van der Waals surface area contributed by atoms with Gasteiger partial charge in [-0.05, 0) is 30.9 Å². The molecule has 4 heteroatoms. The number of hydrogen-bond acceptors (Lipinski definition) is 3. The Kier molecular flexibility index (Phi) is 3.44. The Bertz CT molecular complexity index is 313. The summed E-state index contributed by atoms with van der Waals surface area (Å²) in [5.41, 5.74) is 1.35. The fourth-order valence-corrected chi connectivity index (χ4v) is 3.36. The van der Waals surface area contributed by atoms with E-state index < -0.39 is 0 Å². The molecular formula is C10H14ClNOS. The van der Waals surface area contributed by atoms with Crippen LogP contribution in [0.25, 0.3) is 0 Å². The second kappa shape index (κ2) is 4.62. The number of aliphatic hydroxyl groups excluding tert-OH is 1. The van der Waals surface area contributed by atoms with Crippen molar-refractivity contribution in [3.8, 4) is 0 Å². The maximum atomic E-state index is 8.76. The van der Waals surface area contributed by atoms with E-state index in [4.69, 9.17) is 16.7 Å². The van der Waals surface area contributed by atoms with Crippen molar-refractivity contribution in [3.05, 3.63) is 20.8 Å². The summed E-state index contributed by atoms with van der Waals surface area (Å²) in [5, 5.41) is 12.1. The molecule has 1 aliphatic rings. The molecule has 1 unspecified atom stereocenters. The third-order valence-electron chi connectivity index (χ3n) is 2.59. The zero-order chi connectivity index (χ0) is 9.97. The highest BCUT2D eigenvalue weighted by Crippen LogP contribution is 2.37. The normalized spacial score (nSPS) is 20.9. The predicted molar refractivity (Wildman–Crippen MR) is 60.1 cm³/mol. The van der Waals surface area contributed by atoms with Gasteiger partial charge in [0.2, 0.25) is 0 Å². The van der Waals surface area contributed by atoms with Gasteiger partial charge in [0.25, 0.3) is 0 Å². The molecule has 0 spiro atoms. The third-order valence-corrected chi connectivity index (χ3v) is 3.93. The van der Waals surface area contributed by atoms with Crippen LogP contribution in [0.4, 0.5) is 0 Å². The van der Waals surface area contributed by atoms with Crippen LogP contribution < -0.4 is 5.32 Å². The highest BCUT2D eigenvalue weighted by atomic mass is 35.5. The molecule has 14 heavy (non-hydrogen) atoms. The van der Waals surface area contributed by atoms with E-state index in [-0.39, 0.29) is 6.61 Å². The summed E-state index contributed by atoms with van der Waals surface area (Å²) in [6.45, 7) is 0.862. The molecule has 1 aliphatic carbocycles. The molecule has 0 bridgehead atoms. The number of aliphatic hydroxyl groups is 1. The molecule has 0 aliphatic heterocycles. The van der Waals surface area contributed by atoms with Gasteiger partial charge in [0.1, 0.15) is 0 Å². The molecular weight excluding hydrogens is 218 g/mol. The second-order valence-corrected chi connectivity index (χ2v) is 5.32. The summed E-state index contributed by atoms with van der Waals surface area (Å²) < 4.78 is 0.882. The van der Waals surface area contributed by atoms with Crippen molar-refractivity contribution < 1.29 is 5.11 Å². The van der Waals surface area contributed by atoms with Crippen LogP contribution in [-0.4, -0.2) is 18.3 Å². The first-order chi connectivity index (χ1) is 6.81. The van der Waals surface area contributed by atoms with Gasteiger partial charge < -0.3 is 10.4 Å².